The summed E-state index contributed by atoms with van der Waals surface area (Å²) in [6.45, 7) is 10.8. The van der Waals surface area contributed by atoms with Crippen LogP contribution < -0.4 is 4.74 Å². The number of epoxide rings is 1. The van der Waals surface area contributed by atoms with E-state index in [9.17, 15) is 0 Å². The van der Waals surface area contributed by atoms with Gasteiger partial charge in [-0.3, -0.25) is 0 Å². The molecule has 0 N–H and O–H groups in total. The van der Waals surface area contributed by atoms with Gasteiger partial charge in [-0.1, -0.05) is 81.1 Å². The number of allylic oxidation sites excluding steroid dienone is 3. The van der Waals surface area contributed by atoms with Crippen LogP contribution in [0.15, 0.2) is 97.6 Å². The van der Waals surface area contributed by atoms with Crippen LogP contribution in [-0.2, 0) is 10.2 Å². The summed E-state index contributed by atoms with van der Waals surface area (Å²) in [5, 5.41) is 0. The molecule has 1 saturated heterocycles. The highest BCUT2D eigenvalue weighted by molar-refractivity contribution is 5.83. The molecule has 2 atom stereocenters. The van der Waals surface area contributed by atoms with Gasteiger partial charge in [0.1, 0.15) is 23.7 Å². The molecule has 1 fully saturated rings. The van der Waals surface area contributed by atoms with Crippen molar-refractivity contribution in [2.75, 3.05) is 0 Å². The molecule has 0 amide bonds. The van der Waals surface area contributed by atoms with Gasteiger partial charge >= 0.3 is 0 Å². The van der Waals surface area contributed by atoms with Gasteiger partial charge in [0.25, 0.3) is 0 Å². The highest BCUT2D eigenvalue weighted by Gasteiger charge is 2.47. The van der Waals surface area contributed by atoms with Crippen LogP contribution >= 0.6 is 0 Å². The first kappa shape index (κ1) is 21.4. The molecular weight excluding hydrogens is 440 g/mol. The molecule has 4 aromatic carbocycles. The Morgan fingerprint density at radius 2 is 1.44 bits per heavy atom. The first-order valence-corrected chi connectivity index (χ1v) is 12.6. The van der Waals surface area contributed by atoms with Gasteiger partial charge < -0.3 is 9.47 Å². The van der Waals surface area contributed by atoms with E-state index in [0.717, 1.165) is 33.8 Å². The standard InChI is InChI=1S/C34H28O2/c1-5-8-20(2)21-12-15-30-26(17-21)32-33(36-32)27-18-22(13-16-31(27)35-30)23-11-14-25-24-9-6-7-10-28(24)34(3,4)29(25)19-23/h5-19,32-33H,2H2,1,3-4H3. The summed E-state index contributed by atoms with van der Waals surface area (Å²) in [5.41, 5.74) is 12.2. The van der Waals surface area contributed by atoms with E-state index in [1.165, 1.54) is 33.4 Å². The van der Waals surface area contributed by atoms with E-state index in [4.69, 9.17) is 9.47 Å². The van der Waals surface area contributed by atoms with Crippen molar-refractivity contribution in [2.24, 2.45) is 0 Å². The van der Waals surface area contributed by atoms with Gasteiger partial charge in [0.2, 0.25) is 0 Å². The second-order valence-electron chi connectivity index (χ2n) is 10.5. The molecule has 0 radical (unpaired) electrons. The molecule has 0 aromatic heterocycles. The average molecular weight is 469 g/mol. The minimum absolute atomic E-state index is 0.0153. The summed E-state index contributed by atoms with van der Waals surface area (Å²) in [6.07, 6.45) is 4.07. The molecule has 0 bridgehead atoms. The van der Waals surface area contributed by atoms with Gasteiger partial charge in [-0.15, -0.1) is 0 Å². The lowest BCUT2D eigenvalue weighted by atomic mass is 9.81. The van der Waals surface area contributed by atoms with E-state index in [-0.39, 0.29) is 17.6 Å². The topological polar surface area (TPSA) is 21.8 Å². The maximum Gasteiger partial charge on any atom is 0.133 e. The van der Waals surface area contributed by atoms with E-state index in [1.807, 2.05) is 25.1 Å². The molecule has 2 heterocycles. The number of rotatable bonds is 3. The summed E-state index contributed by atoms with van der Waals surface area (Å²) < 4.78 is 12.6. The predicted molar refractivity (Wildman–Crippen MR) is 146 cm³/mol. The fourth-order valence-electron chi connectivity index (χ4n) is 5.99. The lowest BCUT2D eigenvalue weighted by molar-refractivity contribution is 0.358. The van der Waals surface area contributed by atoms with Crippen LogP contribution in [0.2, 0.25) is 0 Å². The number of hydrogen-bond acceptors (Lipinski definition) is 2. The molecule has 4 aromatic rings. The SMILES string of the molecule is C=C(C=CC)c1ccc2c(c1)C1OC1c1cc(-c3ccc4c(c3)C(C)(C)c3ccccc3-4)ccc1O2. The van der Waals surface area contributed by atoms with Crippen LogP contribution in [0, 0.1) is 0 Å². The van der Waals surface area contributed by atoms with E-state index in [0.29, 0.717) is 0 Å². The lowest BCUT2D eigenvalue weighted by Crippen LogP contribution is -2.14. The maximum absolute atomic E-state index is 6.41. The molecule has 36 heavy (non-hydrogen) atoms. The number of ether oxygens (including phenoxy) is 2. The third kappa shape index (κ3) is 3.08. The Morgan fingerprint density at radius 3 is 2.25 bits per heavy atom. The van der Waals surface area contributed by atoms with Gasteiger partial charge in [-0.05, 0) is 81.8 Å². The molecule has 0 spiro atoms. The van der Waals surface area contributed by atoms with Crippen LogP contribution in [-0.4, -0.2) is 0 Å². The van der Waals surface area contributed by atoms with E-state index in [2.05, 4.69) is 93.2 Å². The molecule has 3 aliphatic rings. The van der Waals surface area contributed by atoms with Crippen LogP contribution in [0.3, 0.4) is 0 Å². The second-order valence-corrected chi connectivity index (χ2v) is 10.5. The Balaban J connectivity index is 1.26. The Morgan fingerprint density at radius 1 is 0.778 bits per heavy atom. The van der Waals surface area contributed by atoms with Gasteiger partial charge in [0.05, 0.1) is 0 Å². The van der Waals surface area contributed by atoms with Crippen molar-refractivity contribution in [1.82, 2.24) is 0 Å². The van der Waals surface area contributed by atoms with Crippen molar-refractivity contribution in [3.8, 4) is 33.8 Å². The van der Waals surface area contributed by atoms with E-state index >= 15 is 0 Å². The third-order valence-electron chi connectivity index (χ3n) is 8.00. The molecule has 2 aliphatic heterocycles. The molecule has 7 rings (SSSR count). The van der Waals surface area contributed by atoms with Gasteiger partial charge in [-0.25, -0.2) is 0 Å². The lowest BCUT2D eigenvalue weighted by Gasteiger charge is -2.22. The first-order chi connectivity index (χ1) is 17.5. The zero-order valence-corrected chi connectivity index (χ0v) is 20.8. The summed E-state index contributed by atoms with van der Waals surface area (Å²) in [5.74, 6) is 1.74. The van der Waals surface area contributed by atoms with Crippen molar-refractivity contribution in [2.45, 2.75) is 38.4 Å². The number of benzene rings is 4. The second kappa shape index (κ2) is 7.56. The Labute approximate surface area is 212 Å². The predicted octanol–water partition coefficient (Wildman–Crippen LogP) is 9.17. The number of hydrogen-bond donors (Lipinski definition) is 0. The Hall–Kier alpha value is -3.88. The normalized spacial score (nSPS) is 19.9. The summed E-state index contributed by atoms with van der Waals surface area (Å²) in [4.78, 5) is 0. The third-order valence-corrected chi connectivity index (χ3v) is 8.00. The zero-order valence-electron chi connectivity index (χ0n) is 20.8. The molecule has 2 unspecified atom stereocenters. The largest absolute Gasteiger partial charge is 0.457 e. The van der Waals surface area contributed by atoms with Crippen molar-refractivity contribution in [3.63, 3.8) is 0 Å². The van der Waals surface area contributed by atoms with Crippen molar-refractivity contribution in [3.05, 3.63) is 125 Å². The van der Waals surface area contributed by atoms with Crippen molar-refractivity contribution >= 4 is 5.57 Å². The number of fused-ring (bicyclic) bond motifs is 8. The van der Waals surface area contributed by atoms with Crippen molar-refractivity contribution < 1.29 is 9.47 Å². The average Bonchev–Trinajstić information content (AvgIpc) is 3.66. The zero-order chi connectivity index (χ0) is 24.6. The van der Waals surface area contributed by atoms with E-state index in [1.54, 1.807) is 0 Å². The Kier molecular flexibility index (Phi) is 4.49. The maximum atomic E-state index is 6.41. The first-order valence-electron chi connectivity index (χ1n) is 12.6. The smallest absolute Gasteiger partial charge is 0.133 e. The highest BCUT2D eigenvalue weighted by atomic mass is 16.6. The van der Waals surface area contributed by atoms with Gasteiger partial charge in [-0.2, -0.15) is 0 Å². The highest BCUT2D eigenvalue weighted by Crippen LogP contribution is 2.59. The molecular formula is C34H28O2. The Bertz CT molecular complexity index is 1600. The summed E-state index contributed by atoms with van der Waals surface area (Å²) in [7, 11) is 0. The van der Waals surface area contributed by atoms with Crippen molar-refractivity contribution in [1.29, 1.82) is 0 Å². The minimum Gasteiger partial charge on any atom is -0.457 e. The van der Waals surface area contributed by atoms with Gasteiger partial charge in [0.15, 0.2) is 0 Å². The molecule has 1 aliphatic carbocycles. The minimum atomic E-state index is -0.0161. The van der Waals surface area contributed by atoms with E-state index < -0.39 is 0 Å². The summed E-state index contributed by atoms with van der Waals surface area (Å²) >= 11 is 0. The van der Waals surface area contributed by atoms with Crippen LogP contribution in [0.25, 0.3) is 27.8 Å². The molecule has 176 valence electrons. The van der Waals surface area contributed by atoms with Crippen LogP contribution in [0.1, 0.15) is 60.8 Å². The molecule has 2 nitrogen and oxygen atoms in total. The molecule has 0 saturated carbocycles. The quantitative estimate of drug-likeness (QED) is 0.221. The van der Waals surface area contributed by atoms with Gasteiger partial charge in [0, 0.05) is 16.5 Å². The monoisotopic (exact) mass is 468 g/mol. The molecule has 2 heteroatoms. The van der Waals surface area contributed by atoms with Crippen LogP contribution in [0.4, 0.5) is 0 Å². The fraction of sp³-hybridized carbons (Fsp3) is 0.176. The van der Waals surface area contributed by atoms with Crippen LogP contribution in [0.5, 0.6) is 11.5 Å². The summed E-state index contributed by atoms with van der Waals surface area (Å²) in [6, 6.07) is 28.5. The fourth-order valence-corrected chi connectivity index (χ4v) is 5.99.